The lowest BCUT2D eigenvalue weighted by molar-refractivity contribution is -0.120. The van der Waals surface area contributed by atoms with Crippen molar-refractivity contribution in [1.82, 2.24) is 14.3 Å². The summed E-state index contributed by atoms with van der Waals surface area (Å²) in [5, 5.41) is 0. The van der Waals surface area contributed by atoms with Crippen molar-refractivity contribution in [2.45, 2.75) is 6.92 Å². The summed E-state index contributed by atoms with van der Waals surface area (Å²) in [5.41, 5.74) is 1.76. The van der Waals surface area contributed by atoms with Gasteiger partial charge in [-0.25, -0.2) is 4.68 Å². The van der Waals surface area contributed by atoms with Crippen LogP contribution in [-0.2, 0) is 16.6 Å². The molecule has 0 radical (unpaired) electrons. The third-order valence-electron chi connectivity index (χ3n) is 4.70. The van der Waals surface area contributed by atoms with Gasteiger partial charge in [-0.15, -0.1) is 0 Å². The molecule has 134 valence electrons. The van der Waals surface area contributed by atoms with Gasteiger partial charge in [0.05, 0.1) is 31.1 Å². The highest BCUT2D eigenvalue weighted by molar-refractivity contribution is 5.94. The zero-order chi connectivity index (χ0) is 18.0. The summed E-state index contributed by atoms with van der Waals surface area (Å²) in [7, 11) is 3.50. The Kier molecular flexibility index (Phi) is 5.06. The van der Waals surface area contributed by atoms with Crippen LogP contribution in [0.3, 0.4) is 0 Å². The third-order valence-corrected chi connectivity index (χ3v) is 4.70. The SMILES string of the molecule is Cc1c(N(C)C(=O)CN2CCOCC2)c(=O)n(-c2ccccc2)n1C. The van der Waals surface area contributed by atoms with Crippen LogP contribution in [0.25, 0.3) is 5.69 Å². The van der Waals surface area contributed by atoms with Crippen molar-refractivity contribution in [2.75, 3.05) is 44.8 Å². The zero-order valence-electron chi connectivity index (χ0n) is 14.9. The van der Waals surface area contributed by atoms with Crippen molar-refractivity contribution in [1.29, 1.82) is 0 Å². The fraction of sp³-hybridized carbons (Fsp3) is 0.444. The summed E-state index contributed by atoms with van der Waals surface area (Å²) in [4.78, 5) is 29.2. The first-order chi connectivity index (χ1) is 12.0. The molecule has 2 aromatic rings. The molecule has 1 aromatic carbocycles. The molecule has 0 N–H and O–H groups in total. The Labute approximate surface area is 147 Å². The second-order valence-electron chi connectivity index (χ2n) is 6.25. The number of ether oxygens (including phenoxy) is 1. The second-order valence-corrected chi connectivity index (χ2v) is 6.25. The van der Waals surface area contributed by atoms with Crippen LogP contribution in [0.4, 0.5) is 5.69 Å². The van der Waals surface area contributed by atoms with Gasteiger partial charge in [-0.2, -0.15) is 0 Å². The standard InChI is InChI=1S/C18H24N4O3/c1-14-17(19(2)16(23)13-21-9-11-25-12-10-21)18(24)22(20(14)3)15-7-5-4-6-8-15/h4-8H,9-13H2,1-3H3. The van der Waals surface area contributed by atoms with Crippen molar-refractivity contribution in [2.24, 2.45) is 7.05 Å². The second kappa shape index (κ2) is 7.25. The number of para-hydroxylation sites is 1. The summed E-state index contributed by atoms with van der Waals surface area (Å²) in [6, 6.07) is 9.43. The molecular formula is C18H24N4O3. The molecule has 0 aliphatic carbocycles. The van der Waals surface area contributed by atoms with Gasteiger partial charge in [0.2, 0.25) is 5.91 Å². The maximum atomic E-state index is 13.0. The van der Waals surface area contributed by atoms with Crippen LogP contribution in [0.15, 0.2) is 35.1 Å². The Bertz CT molecular complexity index is 804. The normalized spacial score (nSPS) is 15.3. The Morgan fingerprint density at radius 1 is 1.20 bits per heavy atom. The molecule has 0 unspecified atom stereocenters. The number of benzene rings is 1. The first-order valence-electron chi connectivity index (χ1n) is 8.41. The minimum absolute atomic E-state index is 0.0899. The molecule has 1 aliphatic heterocycles. The molecule has 0 spiro atoms. The van der Waals surface area contributed by atoms with Crippen LogP contribution in [0.2, 0.25) is 0 Å². The van der Waals surface area contributed by atoms with Crippen LogP contribution >= 0.6 is 0 Å². The van der Waals surface area contributed by atoms with Gasteiger partial charge in [0.15, 0.2) is 0 Å². The fourth-order valence-corrected chi connectivity index (χ4v) is 3.12. The van der Waals surface area contributed by atoms with Crippen LogP contribution in [-0.4, -0.2) is 60.1 Å². The number of amides is 1. The number of hydrogen-bond acceptors (Lipinski definition) is 4. The van der Waals surface area contributed by atoms with Crippen LogP contribution in [0.1, 0.15) is 5.69 Å². The quantitative estimate of drug-likeness (QED) is 0.822. The van der Waals surface area contributed by atoms with E-state index in [2.05, 4.69) is 4.90 Å². The van der Waals surface area contributed by atoms with Crippen LogP contribution in [0.5, 0.6) is 0 Å². The lowest BCUT2D eigenvalue weighted by atomic mass is 10.3. The summed E-state index contributed by atoms with van der Waals surface area (Å²) in [6.45, 7) is 4.90. The molecule has 7 heteroatoms. The van der Waals surface area contributed by atoms with Crippen molar-refractivity contribution in [3.63, 3.8) is 0 Å². The van der Waals surface area contributed by atoms with Gasteiger partial charge in [-0.1, -0.05) is 18.2 Å². The highest BCUT2D eigenvalue weighted by Gasteiger charge is 2.24. The van der Waals surface area contributed by atoms with Gasteiger partial charge in [0, 0.05) is 27.2 Å². The van der Waals surface area contributed by atoms with E-state index in [4.69, 9.17) is 4.74 Å². The number of likely N-dealkylation sites (N-methyl/N-ethyl adjacent to an activating group) is 1. The first-order valence-corrected chi connectivity index (χ1v) is 8.41. The molecule has 25 heavy (non-hydrogen) atoms. The summed E-state index contributed by atoms with van der Waals surface area (Å²) in [6.07, 6.45) is 0. The van der Waals surface area contributed by atoms with Gasteiger partial charge < -0.3 is 9.64 Å². The molecule has 0 bridgehead atoms. The monoisotopic (exact) mass is 344 g/mol. The topological polar surface area (TPSA) is 59.7 Å². The van der Waals surface area contributed by atoms with Gasteiger partial charge >= 0.3 is 0 Å². The highest BCUT2D eigenvalue weighted by atomic mass is 16.5. The van der Waals surface area contributed by atoms with Crippen molar-refractivity contribution in [3.05, 3.63) is 46.4 Å². The summed E-state index contributed by atoms with van der Waals surface area (Å²) >= 11 is 0. The molecule has 1 fully saturated rings. The zero-order valence-corrected chi connectivity index (χ0v) is 14.9. The number of anilines is 1. The highest BCUT2D eigenvalue weighted by Crippen LogP contribution is 2.17. The minimum atomic E-state index is -0.191. The number of carbonyl (C=O) groups excluding carboxylic acids is 1. The average Bonchev–Trinajstić information content (AvgIpc) is 2.85. The Morgan fingerprint density at radius 2 is 1.84 bits per heavy atom. The van der Waals surface area contributed by atoms with Crippen LogP contribution in [0, 0.1) is 6.92 Å². The van der Waals surface area contributed by atoms with Gasteiger partial charge in [0.1, 0.15) is 5.69 Å². The molecule has 7 nitrogen and oxygen atoms in total. The van der Waals surface area contributed by atoms with E-state index >= 15 is 0 Å². The number of rotatable bonds is 4. The Balaban J connectivity index is 1.89. The summed E-state index contributed by atoms with van der Waals surface area (Å²) < 4.78 is 8.68. The number of carbonyl (C=O) groups is 1. The molecule has 0 atom stereocenters. The van der Waals surface area contributed by atoms with E-state index in [9.17, 15) is 9.59 Å². The van der Waals surface area contributed by atoms with E-state index in [1.165, 1.54) is 4.90 Å². The van der Waals surface area contributed by atoms with Crippen LogP contribution < -0.4 is 10.5 Å². The van der Waals surface area contributed by atoms with E-state index in [1.807, 2.05) is 44.3 Å². The molecule has 1 aliphatic rings. The predicted molar refractivity (Wildman–Crippen MR) is 96.4 cm³/mol. The molecule has 1 amide bonds. The minimum Gasteiger partial charge on any atom is -0.379 e. The summed E-state index contributed by atoms with van der Waals surface area (Å²) in [5.74, 6) is -0.0899. The largest absolute Gasteiger partial charge is 0.379 e. The first kappa shape index (κ1) is 17.4. The lowest BCUT2D eigenvalue weighted by Crippen LogP contribution is -2.44. The van der Waals surface area contributed by atoms with E-state index in [1.54, 1.807) is 16.4 Å². The van der Waals surface area contributed by atoms with Crippen molar-refractivity contribution in [3.8, 4) is 5.69 Å². The molecule has 3 rings (SSSR count). The van der Waals surface area contributed by atoms with Crippen molar-refractivity contribution < 1.29 is 9.53 Å². The van der Waals surface area contributed by atoms with Gasteiger partial charge in [-0.05, 0) is 19.1 Å². The number of nitrogens with zero attached hydrogens (tertiary/aromatic N) is 4. The van der Waals surface area contributed by atoms with Crippen molar-refractivity contribution >= 4 is 11.6 Å². The predicted octanol–water partition coefficient (Wildman–Crippen LogP) is 0.779. The van der Waals surface area contributed by atoms with Gasteiger partial charge in [0.25, 0.3) is 5.56 Å². The molecule has 0 saturated carbocycles. The Hall–Kier alpha value is -2.38. The molecule has 1 saturated heterocycles. The number of aromatic nitrogens is 2. The number of morpholine rings is 1. The maximum absolute atomic E-state index is 13.0. The Morgan fingerprint density at radius 3 is 2.48 bits per heavy atom. The smallest absolute Gasteiger partial charge is 0.295 e. The van der Waals surface area contributed by atoms with E-state index in [0.717, 1.165) is 24.5 Å². The molecular weight excluding hydrogens is 320 g/mol. The fourth-order valence-electron chi connectivity index (χ4n) is 3.12. The number of hydrogen-bond donors (Lipinski definition) is 0. The maximum Gasteiger partial charge on any atom is 0.295 e. The third kappa shape index (κ3) is 3.38. The van der Waals surface area contributed by atoms with Gasteiger partial charge in [-0.3, -0.25) is 19.2 Å². The average molecular weight is 344 g/mol. The lowest BCUT2D eigenvalue weighted by Gasteiger charge is -2.27. The van der Waals surface area contributed by atoms with E-state index in [-0.39, 0.29) is 11.5 Å². The molecule has 1 aromatic heterocycles. The van der Waals surface area contributed by atoms with E-state index < -0.39 is 0 Å². The van der Waals surface area contributed by atoms with E-state index in [0.29, 0.717) is 25.4 Å². The molecule has 2 heterocycles.